The van der Waals surface area contributed by atoms with E-state index in [4.69, 9.17) is 9.52 Å². The molecular formula is C12H13NO3S. The number of thiophene rings is 1. The number of rotatable bonds is 5. The third-order valence-electron chi connectivity index (χ3n) is 2.45. The van der Waals surface area contributed by atoms with Crippen LogP contribution in [-0.2, 0) is 6.54 Å². The summed E-state index contributed by atoms with van der Waals surface area (Å²) in [5.74, 6) is -0.336. The zero-order valence-corrected chi connectivity index (χ0v) is 10.2. The van der Waals surface area contributed by atoms with Crippen molar-refractivity contribution in [2.75, 3.05) is 0 Å². The van der Waals surface area contributed by atoms with E-state index in [1.165, 1.54) is 17.2 Å². The molecule has 2 aromatic rings. The fraction of sp³-hybridized carbons (Fsp3) is 0.250. The van der Waals surface area contributed by atoms with Gasteiger partial charge >= 0.3 is 5.97 Å². The lowest BCUT2D eigenvalue weighted by atomic mass is 10.2. The molecule has 0 amide bonds. The number of hydrogen-bond acceptors (Lipinski definition) is 4. The molecule has 0 aliphatic rings. The van der Waals surface area contributed by atoms with Gasteiger partial charge in [-0.2, -0.15) is 0 Å². The van der Waals surface area contributed by atoms with Gasteiger partial charge in [0.05, 0.1) is 12.1 Å². The van der Waals surface area contributed by atoms with Crippen molar-refractivity contribution < 1.29 is 14.3 Å². The number of carboxylic acid groups (broad SMARTS) is 1. The molecule has 0 aromatic carbocycles. The van der Waals surface area contributed by atoms with Gasteiger partial charge in [-0.15, -0.1) is 11.3 Å². The highest BCUT2D eigenvalue weighted by atomic mass is 32.1. The summed E-state index contributed by atoms with van der Waals surface area (Å²) in [6.07, 6.45) is 1.26. The van der Waals surface area contributed by atoms with Crippen LogP contribution < -0.4 is 5.32 Å². The Morgan fingerprint density at radius 2 is 2.47 bits per heavy atom. The SMILES string of the molecule is CC(NCc1cc(C(=O)O)co1)c1cccs1. The van der Waals surface area contributed by atoms with E-state index < -0.39 is 5.97 Å². The lowest BCUT2D eigenvalue weighted by molar-refractivity contribution is 0.0696. The van der Waals surface area contributed by atoms with Crippen LogP contribution in [0.5, 0.6) is 0 Å². The van der Waals surface area contributed by atoms with Crippen LogP contribution >= 0.6 is 11.3 Å². The van der Waals surface area contributed by atoms with E-state index in [-0.39, 0.29) is 11.6 Å². The first-order chi connectivity index (χ1) is 8.16. The maximum absolute atomic E-state index is 10.7. The van der Waals surface area contributed by atoms with Gasteiger partial charge in [-0.05, 0) is 24.4 Å². The molecule has 0 spiro atoms. The zero-order chi connectivity index (χ0) is 12.3. The first-order valence-corrected chi connectivity index (χ1v) is 6.12. The summed E-state index contributed by atoms with van der Waals surface area (Å²) in [6, 6.07) is 5.84. The molecule has 0 radical (unpaired) electrons. The summed E-state index contributed by atoms with van der Waals surface area (Å²) >= 11 is 1.69. The Bertz CT molecular complexity index is 490. The van der Waals surface area contributed by atoms with Crippen LogP contribution in [0.3, 0.4) is 0 Å². The van der Waals surface area contributed by atoms with E-state index in [0.717, 1.165) is 0 Å². The van der Waals surface area contributed by atoms with Gasteiger partial charge in [0.1, 0.15) is 12.0 Å². The maximum Gasteiger partial charge on any atom is 0.338 e. The largest absolute Gasteiger partial charge is 0.478 e. The quantitative estimate of drug-likeness (QED) is 0.857. The molecule has 0 saturated carbocycles. The Hall–Kier alpha value is -1.59. The molecule has 2 rings (SSSR count). The van der Waals surface area contributed by atoms with E-state index in [2.05, 4.69) is 18.3 Å². The van der Waals surface area contributed by atoms with E-state index in [9.17, 15) is 4.79 Å². The Morgan fingerprint density at radius 1 is 1.65 bits per heavy atom. The normalized spacial score (nSPS) is 12.5. The predicted molar refractivity (Wildman–Crippen MR) is 65.2 cm³/mol. The van der Waals surface area contributed by atoms with Crippen molar-refractivity contribution in [1.29, 1.82) is 0 Å². The lowest BCUT2D eigenvalue weighted by Gasteiger charge is -2.10. The lowest BCUT2D eigenvalue weighted by Crippen LogP contribution is -2.16. The van der Waals surface area contributed by atoms with Gasteiger partial charge in [-0.1, -0.05) is 6.07 Å². The highest BCUT2D eigenvalue weighted by Gasteiger charge is 2.10. The topological polar surface area (TPSA) is 62.5 Å². The third kappa shape index (κ3) is 2.95. The van der Waals surface area contributed by atoms with Crippen LogP contribution in [0.25, 0.3) is 0 Å². The Balaban J connectivity index is 1.91. The number of carbonyl (C=O) groups is 1. The van der Waals surface area contributed by atoms with E-state index in [1.807, 2.05) is 11.4 Å². The molecule has 90 valence electrons. The van der Waals surface area contributed by atoms with Crippen molar-refractivity contribution >= 4 is 17.3 Å². The van der Waals surface area contributed by atoms with Crippen molar-refractivity contribution in [3.8, 4) is 0 Å². The second kappa shape index (κ2) is 5.16. The summed E-state index contributed by atoms with van der Waals surface area (Å²) in [4.78, 5) is 11.9. The number of furan rings is 1. The van der Waals surface area contributed by atoms with Gasteiger partial charge in [0.25, 0.3) is 0 Å². The van der Waals surface area contributed by atoms with Gasteiger partial charge in [0.2, 0.25) is 0 Å². The summed E-state index contributed by atoms with van der Waals surface area (Å²) in [7, 11) is 0. The summed E-state index contributed by atoms with van der Waals surface area (Å²) < 4.78 is 5.15. The Kier molecular flexibility index (Phi) is 3.61. The van der Waals surface area contributed by atoms with Crippen LogP contribution in [-0.4, -0.2) is 11.1 Å². The Labute approximate surface area is 103 Å². The third-order valence-corrected chi connectivity index (χ3v) is 3.51. The molecule has 2 N–H and O–H groups in total. The fourth-order valence-corrected chi connectivity index (χ4v) is 2.24. The van der Waals surface area contributed by atoms with Crippen LogP contribution in [0.2, 0.25) is 0 Å². The fourth-order valence-electron chi connectivity index (χ4n) is 1.48. The first-order valence-electron chi connectivity index (χ1n) is 5.24. The highest BCUT2D eigenvalue weighted by molar-refractivity contribution is 7.10. The predicted octanol–water partition coefficient (Wildman–Crippen LogP) is 2.89. The van der Waals surface area contributed by atoms with Gasteiger partial charge in [0, 0.05) is 10.9 Å². The number of aromatic carboxylic acids is 1. The molecule has 0 fully saturated rings. The average Bonchev–Trinajstić information content (AvgIpc) is 2.97. The van der Waals surface area contributed by atoms with Crippen LogP contribution in [0.15, 0.2) is 34.3 Å². The van der Waals surface area contributed by atoms with Gasteiger partial charge in [-0.25, -0.2) is 4.79 Å². The first kappa shape index (κ1) is 11.9. The minimum absolute atomic E-state index is 0.186. The second-order valence-corrected chi connectivity index (χ2v) is 4.70. The molecule has 5 heteroatoms. The minimum Gasteiger partial charge on any atom is -0.478 e. The van der Waals surface area contributed by atoms with Gasteiger partial charge < -0.3 is 14.8 Å². The molecule has 4 nitrogen and oxygen atoms in total. The van der Waals surface area contributed by atoms with Gasteiger partial charge in [-0.3, -0.25) is 0 Å². The standard InChI is InChI=1S/C12H13NO3S/c1-8(11-3-2-4-17-11)13-6-10-5-9(7-16-10)12(14)15/h2-5,7-8,13H,6H2,1H3,(H,14,15). The van der Waals surface area contributed by atoms with Crippen LogP contribution in [0.4, 0.5) is 0 Å². The summed E-state index contributed by atoms with van der Waals surface area (Å²) in [5.41, 5.74) is 0.186. The van der Waals surface area contributed by atoms with E-state index in [0.29, 0.717) is 12.3 Å². The molecule has 17 heavy (non-hydrogen) atoms. The smallest absolute Gasteiger partial charge is 0.338 e. The van der Waals surface area contributed by atoms with Crippen molar-refractivity contribution in [3.63, 3.8) is 0 Å². The summed E-state index contributed by atoms with van der Waals surface area (Å²) in [5, 5.41) is 14.1. The van der Waals surface area contributed by atoms with Gasteiger partial charge in [0.15, 0.2) is 0 Å². The van der Waals surface area contributed by atoms with E-state index in [1.54, 1.807) is 11.3 Å². The molecule has 1 unspecified atom stereocenters. The highest BCUT2D eigenvalue weighted by Crippen LogP contribution is 2.18. The molecule has 0 bridgehead atoms. The Morgan fingerprint density at radius 3 is 3.06 bits per heavy atom. The molecular weight excluding hydrogens is 238 g/mol. The average molecular weight is 251 g/mol. The molecule has 2 aromatic heterocycles. The molecule has 0 saturated heterocycles. The van der Waals surface area contributed by atoms with Crippen LogP contribution in [0, 0.1) is 0 Å². The monoisotopic (exact) mass is 251 g/mol. The van der Waals surface area contributed by atoms with Crippen molar-refractivity contribution in [3.05, 3.63) is 46.0 Å². The second-order valence-electron chi connectivity index (χ2n) is 3.72. The minimum atomic E-state index is -0.966. The maximum atomic E-state index is 10.7. The number of carboxylic acids is 1. The molecule has 1 atom stereocenters. The summed E-state index contributed by atoms with van der Waals surface area (Å²) in [6.45, 7) is 2.58. The van der Waals surface area contributed by atoms with E-state index >= 15 is 0 Å². The van der Waals surface area contributed by atoms with Crippen molar-refractivity contribution in [2.24, 2.45) is 0 Å². The zero-order valence-electron chi connectivity index (χ0n) is 9.34. The molecule has 0 aliphatic heterocycles. The van der Waals surface area contributed by atoms with Crippen molar-refractivity contribution in [2.45, 2.75) is 19.5 Å². The molecule has 2 heterocycles. The number of nitrogens with one attached hydrogen (secondary N) is 1. The number of hydrogen-bond donors (Lipinski definition) is 2. The van der Waals surface area contributed by atoms with Crippen LogP contribution in [0.1, 0.15) is 34.0 Å². The molecule has 0 aliphatic carbocycles. The van der Waals surface area contributed by atoms with Crippen molar-refractivity contribution in [1.82, 2.24) is 5.32 Å².